The van der Waals surface area contributed by atoms with E-state index in [-0.39, 0.29) is 0 Å². The summed E-state index contributed by atoms with van der Waals surface area (Å²) in [5.41, 5.74) is 2.40. The minimum absolute atomic E-state index is 0.404. The maximum atomic E-state index is 5.22. The third-order valence-electron chi connectivity index (χ3n) is 1.78. The zero-order chi connectivity index (χ0) is 10.7. The molecule has 0 aliphatic carbocycles. The molecule has 2 rings (SSSR count). The van der Waals surface area contributed by atoms with Crippen LogP contribution in [-0.4, -0.2) is 9.97 Å². The van der Waals surface area contributed by atoms with Crippen LogP contribution >= 0.6 is 11.8 Å². The van der Waals surface area contributed by atoms with Crippen LogP contribution in [0.15, 0.2) is 38.9 Å². The van der Waals surface area contributed by atoms with E-state index in [9.17, 15) is 0 Å². The van der Waals surface area contributed by atoms with Crippen LogP contribution in [0.2, 0.25) is 0 Å². The first kappa shape index (κ1) is 10.0. The van der Waals surface area contributed by atoms with Gasteiger partial charge in [-0.15, -0.1) is 0 Å². The van der Waals surface area contributed by atoms with E-state index < -0.39 is 0 Å². The van der Waals surface area contributed by atoms with Gasteiger partial charge in [-0.1, -0.05) is 11.8 Å². The fraction of sp³-hybridized carbons (Fsp3) is 0.111. The molecule has 3 N–H and O–H groups in total. The Morgan fingerprint density at radius 1 is 1.47 bits per heavy atom. The number of hydrogen-bond donors (Lipinski definition) is 2. The first-order valence-corrected chi connectivity index (χ1v) is 5.13. The van der Waals surface area contributed by atoms with Crippen molar-refractivity contribution >= 4 is 17.7 Å². The van der Waals surface area contributed by atoms with Gasteiger partial charge in [-0.05, 0) is 19.1 Å². The molecule has 0 atom stereocenters. The standard InChI is InChI=1S/C9H10N4OS/c1-6-7(3-5-14-6)15-8-2-4-11-9(12-8)13-10/h2-5H,10H2,1H3,(H,11,12,13). The van der Waals surface area contributed by atoms with E-state index in [4.69, 9.17) is 10.3 Å². The van der Waals surface area contributed by atoms with Crippen molar-refractivity contribution in [2.45, 2.75) is 16.8 Å². The Bertz CT molecular complexity index is 457. The number of rotatable bonds is 3. The summed E-state index contributed by atoms with van der Waals surface area (Å²) >= 11 is 1.51. The molecule has 0 aliphatic heterocycles. The summed E-state index contributed by atoms with van der Waals surface area (Å²) < 4.78 is 5.19. The number of nitrogens with one attached hydrogen (secondary N) is 1. The number of aryl methyl sites for hydroxylation is 1. The number of furan rings is 1. The van der Waals surface area contributed by atoms with E-state index in [1.165, 1.54) is 11.8 Å². The summed E-state index contributed by atoms with van der Waals surface area (Å²) in [4.78, 5) is 9.15. The molecule has 0 saturated heterocycles. The van der Waals surface area contributed by atoms with Crippen molar-refractivity contribution in [1.29, 1.82) is 0 Å². The summed E-state index contributed by atoms with van der Waals surface area (Å²) in [7, 11) is 0. The number of anilines is 1. The Kier molecular flexibility index (Phi) is 2.89. The van der Waals surface area contributed by atoms with Crippen LogP contribution < -0.4 is 11.3 Å². The highest BCUT2D eigenvalue weighted by Gasteiger charge is 2.05. The fourth-order valence-electron chi connectivity index (χ4n) is 1.06. The molecule has 2 aromatic heterocycles. The quantitative estimate of drug-likeness (QED) is 0.468. The Balaban J connectivity index is 2.21. The highest BCUT2D eigenvalue weighted by molar-refractivity contribution is 7.99. The monoisotopic (exact) mass is 222 g/mol. The topological polar surface area (TPSA) is 77.0 Å². The normalized spacial score (nSPS) is 10.3. The van der Waals surface area contributed by atoms with E-state index in [1.807, 2.05) is 19.1 Å². The van der Waals surface area contributed by atoms with Crippen LogP contribution in [0.5, 0.6) is 0 Å². The van der Waals surface area contributed by atoms with Gasteiger partial charge in [0.05, 0.1) is 11.2 Å². The smallest absolute Gasteiger partial charge is 0.238 e. The molecule has 0 aromatic carbocycles. The van der Waals surface area contributed by atoms with Crippen molar-refractivity contribution in [2.75, 3.05) is 5.43 Å². The van der Waals surface area contributed by atoms with Gasteiger partial charge < -0.3 is 4.42 Å². The first-order valence-electron chi connectivity index (χ1n) is 4.31. The Labute approximate surface area is 91.1 Å². The van der Waals surface area contributed by atoms with E-state index in [2.05, 4.69) is 15.4 Å². The number of nitrogens with two attached hydrogens (primary N) is 1. The summed E-state index contributed by atoms with van der Waals surface area (Å²) in [6.45, 7) is 1.91. The van der Waals surface area contributed by atoms with Gasteiger partial charge in [0.25, 0.3) is 0 Å². The Morgan fingerprint density at radius 2 is 2.33 bits per heavy atom. The fourth-order valence-corrected chi connectivity index (χ4v) is 1.86. The lowest BCUT2D eigenvalue weighted by molar-refractivity contribution is 0.527. The predicted molar refractivity (Wildman–Crippen MR) is 57.4 cm³/mol. The van der Waals surface area contributed by atoms with Gasteiger partial charge in [-0.25, -0.2) is 15.8 Å². The Hall–Kier alpha value is -1.53. The molecule has 0 unspecified atom stereocenters. The summed E-state index contributed by atoms with van der Waals surface area (Å²) in [5, 5.41) is 0.822. The van der Waals surface area contributed by atoms with Gasteiger partial charge in [-0.2, -0.15) is 0 Å². The highest BCUT2D eigenvalue weighted by atomic mass is 32.2. The number of aromatic nitrogens is 2. The first-order chi connectivity index (χ1) is 7.29. The van der Waals surface area contributed by atoms with E-state index in [0.29, 0.717) is 5.95 Å². The van der Waals surface area contributed by atoms with Gasteiger partial charge in [-0.3, -0.25) is 5.43 Å². The maximum absolute atomic E-state index is 5.22. The van der Waals surface area contributed by atoms with E-state index in [0.717, 1.165) is 15.7 Å². The highest BCUT2D eigenvalue weighted by Crippen LogP contribution is 2.29. The lowest BCUT2D eigenvalue weighted by atomic mass is 10.5. The van der Waals surface area contributed by atoms with Crippen LogP contribution in [0, 0.1) is 6.92 Å². The van der Waals surface area contributed by atoms with Crippen molar-refractivity contribution in [2.24, 2.45) is 5.84 Å². The maximum Gasteiger partial charge on any atom is 0.238 e. The van der Waals surface area contributed by atoms with Crippen molar-refractivity contribution in [3.63, 3.8) is 0 Å². The number of hydrogen-bond acceptors (Lipinski definition) is 6. The second kappa shape index (κ2) is 4.33. The average Bonchev–Trinajstić information content (AvgIpc) is 2.65. The Morgan fingerprint density at radius 3 is 3.00 bits per heavy atom. The van der Waals surface area contributed by atoms with Crippen LogP contribution in [0.3, 0.4) is 0 Å². The second-order valence-corrected chi connectivity index (χ2v) is 3.87. The minimum atomic E-state index is 0.404. The molecule has 0 amide bonds. The lowest BCUT2D eigenvalue weighted by Crippen LogP contribution is -2.10. The van der Waals surface area contributed by atoms with Crippen LogP contribution in [0.1, 0.15) is 5.76 Å². The van der Waals surface area contributed by atoms with Crippen molar-refractivity contribution in [3.8, 4) is 0 Å². The molecule has 2 heterocycles. The molecule has 6 heteroatoms. The lowest BCUT2D eigenvalue weighted by Gasteiger charge is -2.01. The van der Waals surface area contributed by atoms with Gasteiger partial charge in [0.1, 0.15) is 10.8 Å². The minimum Gasteiger partial charge on any atom is -0.468 e. The summed E-state index contributed by atoms with van der Waals surface area (Å²) in [5.74, 6) is 6.50. The molecule has 0 spiro atoms. The van der Waals surface area contributed by atoms with Gasteiger partial charge in [0.15, 0.2) is 0 Å². The number of nitrogens with zero attached hydrogens (tertiary/aromatic N) is 2. The summed E-state index contributed by atoms with van der Waals surface area (Å²) in [6.07, 6.45) is 3.31. The third-order valence-corrected chi connectivity index (χ3v) is 2.86. The largest absolute Gasteiger partial charge is 0.468 e. The van der Waals surface area contributed by atoms with Crippen molar-refractivity contribution < 1.29 is 4.42 Å². The second-order valence-electron chi connectivity index (χ2n) is 2.81. The van der Waals surface area contributed by atoms with Crippen LogP contribution in [0.25, 0.3) is 0 Å². The molecule has 0 aliphatic rings. The SMILES string of the molecule is Cc1occc1Sc1ccnc(NN)n1. The van der Waals surface area contributed by atoms with Gasteiger partial charge >= 0.3 is 0 Å². The summed E-state index contributed by atoms with van der Waals surface area (Å²) in [6, 6.07) is 3.72. The average molecular weight is 222 g/mol. The zero-order valence-electron chi connectivity index (χ0n) is 8.10. The van der Waals surface area contributed by atoms with Crippen molar-refractivity contribution in [1.82, 2.24) is 9.97 Å². The van der Waals surface area contributed by atoms with Gasteiger partial charge in [0, 0.05) is 6.20 Å². The van der Waals surface area contributed by atoms with E-state index in [1.54, 1.807) is 12.5 Å². The predicted octanol–water partition coefficient (Wildman–Crippen LogP) is 1.81. The molecule has 78 valence electrons. The molecule has 0 fully saturated rings. The number of hydrazine groups is 1. The third kappa shape index (κ3) is 2.28. The molecule has 0 saturated carbocycles. The molecule has 5 nitrogen and oxygen atoms in total. The van der Waals surface area contributed by atoms with Crippen LogP contribution in [-0.2, 0) is 0 Å². The molecule has 2 aromatic rings. The molecular weight excluding hydrogens is 212 g/mol. The molecule has 0 bridgehead atoms. The van der Waals surface area contributed by atoms with Crippen LogP contribution in [0.4, 0.5) is 5.95 Å². The molecular formula is C9H10N4OS. The number of nitrogen functional groups attached to an aromatic ring is 1. The van der Waals surface area contributed by atoms with Gasteiger partial charge in [0.2, 0.25) is 5.95 Å². The van der Waals surface area contributed by atoms with Crippen molar-refractivity contribution in [3.05, 3.63) is 30.4 Å². The molecule has 15 heavy (non-hydrogen) atoms. The molecule has 0 radical (unpaired) electrons. The zero-order valence-corrected chi connectivity index (χ0v) is 8.91. The van der Waals surface area contributed by atoms with E-state index >= 15 is 0 Å².